The Morgan fingerprint density at radius 1 is 1.50 bits per heavy atom. The summed E-state index contributed by atoms with van der Waals surface area (Å²) in [6.45, 7) is 2.49. The normalized spacial score (nSPS) is 12.1. The second-order valence-electron chi connectivity index (χ2n) is 4.01. The van der Waals surface area contributed by atoms with Gasteiger partial charge in [0, 0.05) is 18.1 Å². The number of carbonyl (C=O) groups excluding carboxylic acids is 1. The van der Waals surface area contributed by atoms with E-state index < -0.39 is 0 Å². The van der Waals surface area contributed by atoms with E-state index in [0.717, 1.165) is 11.3 Å². The van der Waals surface area contributed by atoms with Crippen LogP contribution in [-0.2, 0) is 11.3 Å². The van der Waals surface area contributed by atoms with Gasteiger partial charge in [-0.3, -0.25) is 9.48 Å². The predicted molar refractivity (Wildman–Crippen MR) is 74.8 cm³/mol. The third-order valence-corrected chi connectivity index (χ3v) is 2.88. The van der Waals surface area contributed by atoms with Crippen LogP contribution in [-0.4, -0.2) is 20.5 Å². The second-order valence-corrected chi connectivity index (χ2v) is 5.38. The highest BCUT2D eigenvalue weighted by molar-refractivity contribution is 9.10. The van der Waals surface area contributed by atoms with Crippen molar-refractivity contribution in [1.82, 2.24) is 9.78 Å². The van der Waals surface area contributed by atoms with Crippen molar-refractivity contribution in [2.75, 3.05) is 5.32 Å². The minimum absolute atomic E-state index is 0.0498. The Morgan fingerprint density at radius 2 is 2.33 bits per heavy atom. The maximum absolute atomic E-state index is 11.6. The van der Waals surface area contributed by atoms with Crippen molar-refractivity contribution in [1.29, 1.82) is 0 Å². The first kappa shape index (κ1) is 12.8. The number of anilines is 1. The molecule has 4 nitrogen and oxygen atoms in total. The third kappa shape index (κ3) is 3.43. The average Bonchev–Trinajstić information content (AvgIpc) is 2.82. The molecule has 0 aliphatic carbocycles. The highest BCUT2D eigenvalue weighted by Gasteiger charge is 2.08. The molecule has 94 valence electrons. The molecule has 0 aliphatic rings. The van der Waals surface area contributed by atoms with Crippen LogP contribution < -0.4 is 5.32 Å². The van der Waals surface area contributed by atoms with E-state index in [1.165, 1.54) is 0 Å². The van der Waals surface area contributed by atoms with E-state index >= 15 is 0 Å². The van der Waals surface area contributed by atoms with Crippen LogP contribution in [0.5, 0.6) is 0 Å². The highest BCUT2D eigenvalue weighted by Crippen LogP contribution is 2.13. The van der Waals surface area contributed by atoms with Gasteiger partial charge in [0.2, 0.25) is 5.91 Å². The fourth-order valence-corrected chi connectivity index (χ4v) is 1.68. The molecule has 1 heterocycles. The predicted octanol–water partition coefficient (Wildman–Crippen LogP) is 2.65. The van der Waals surface area contributed by atoms with E-state index in [1.807, 2.05) is 41.2 Å². The van der Waals surface area contributed by atoms with Gasteiger partial charge in [-0.25, -0.2) is 0 Å². The number of rotatable bonds is 4. The van der Waals surface area contributed by atoms with Gasteiger partial charge in [-0.2, -0.15) is 5.10 Å². The van der Waals surface area contributed by atoms with Gasteiger partial charge in [0.05, 0.1) is 11.4 Å². The molecule has 0 spiro atoms. The number of hydrogen-bond donors (Lipinski definition) is 1. The zero-order valence-electron chi connectivity index (χ0n) is 10.0. The number of nitrogens with zero attached hydrogens (tertiary/aromatic N) is 2. The topological polar surface area (TPSA) is 46.9 Å². The van der Waals surface area contributed by atoms with Crippen LogP contribution in [0.15, 0.2) is 42.7 Å². The number of benzene rings is 1. The Balaban J connectivity index is 2.08. The van der Waals surface area contributed by atoms with Crippen LogP contribution in [0.25, 0.3) is 0 Å². The lowest BCUT2D eigenvalue weighted by molar-refractivity contribution is -0.115. The van der Waals surface area contributed by atoms with E-state index in [2.05, 4.69) is 26.3 Å². The molecule has 0 aliphatic heterocycles. The van der Waals surface area contributed by atoms with Crippen LogP contribution in [0.2, 0.25) is 0 Å². The van der Waals surface area contributed by atoms with Crippen molar-refractivity contribution in [2.24, 2.45) is 0 Å². The van der Waals surface area contributed by atoms with Crippen LogP contribution in [0.1, 0.15) is 12.5 Å². The molecule has 0 saturated heterocycles. The van der Waals surface area contributed by atoms with E-state index in [4.69, 9.17) is 0 Å². The fraction of sp³-hybridized carbons (Fsp3) is 0.231. The summed E-state index contributed by atoms with van der Waals surface area (Å²) in [4.78, 5) is 11.4. The monoisotopic (exact) mass is 307 g/mol. The van der Waals surface area contributed by atoms with E-state index in [-0.39, 0.29) is 10.7 Å². The summed E-state index contributed by atoms with van der Waals surface area (Å²) in [5.41, 5.74) is 1.90. The lowest BCUT2D eigenvalue weighted by Gasteiger charge is -2.08. The molecule has 0 radical (unpaired) electrons. The molecule has 1 aromatic carbocycles. The zero-order valence-corrected chi connectivity index (χ0v) is 11.6. The van der Waals surface area contributed by atoms with E-state index in [9.17, 15) is 4.79 Å². The van der Waals surface area contributed by atoms with Crippen LogP contribution in [0.3, 0.4) is 0 Å². The quantitative estimate of drug-likeness (QED) is 0.883. The highest BCUT2D eigenvalue weighted by atomic mass is 79.9. The summed E-state index contributed by atoms with van der Waals surface area (Å²) in [5, 5.41) is 7.00. The Hall–Kier alpha value is -1.62. The first-order chi connectivity index (χ1) is 8.65. The summed E-state index contributed by atoms with van der Waals surface area (Å²) in [6, 6.07) is 9.65. The van der Waals surface area contributed by atoms with Crippen molar-refractivity contribution >= 4 is 27.5 Å². The first-order valence-electron chi connectivity index (χ1n) is 5.66. The average molecular weight is 308 g/mol. The summed E-state index contributed by atoms with van der Waals surface area (Å²) in [6.07, 6.45) is 3.66. The van der Waals surface area contributed by atoms with Crippen LogP contribution in [0.4, 0.5) is 5.69 Å². The van der Waals surface area contributed by atoms with Crippen LogP contribution in [0, 0.1) is 0 Å². The lowest BCUT2D eigenvalue weighted by Crippen LogP contribution is -2.19. The Bertz CT molecular complexity index is 523. The standard InChI is InChI=1S/C13H14BrN3O/c1-10(14)13(18)16-12-5-2-4-11(8-12)9-17-7-3-6-15-17/h2-8,10H,9H2,1H3,(H,16,18). The van der Waals surface area contributed by atoms with Crippen molar-refractivity contribution in [3.63, 3.8) is 0 Å². The molecule has 2 rings (SSSR count). The summed E-state index contributed by atoms with van der Waals surface area (Å²) >= 11 is 3.24. The van der Waals surface area contributed by atoms with E-state index in [0.29, 0.717) is 6.54 Å². The molecular formula is C13H14BrN3O. The molecule has 5 heteroatoms. The first-order valence-corrected chi connectivity index (χ1v) is 6.58. The summed E-state index contributed by atoms with van der Waals surface area (Å²) in [7, 11) is 0. The Labute approximate surface area is 114 Å². The van der Waals surface area contributed by atoms with E-state index in [1.54, 1.807) is 13.1 Å². The summed E-state index contributed by atoms with van der Waals surface area (Å²) in [5.74, 6) is -0.0498. The zero-order chi connectivity index (χ0) is 13.0. The van der Waals surface area contributed by atoms with Gasteiger partial charge < -0.3 is 5.32 Å². The van der Waals surface area contributed by atoms with Gasteiger partial charge in [0.15, 0.2) is 0 Å². The summed E-state index contributed by atoms with van der Waals surface area (Å²) < 4.78 is 1.84. The number of alkyl halides is 1. The van der Waals surface area contributed by atoms with Gasteiger partial charge >= 0.3 is 0 Å². The number of hydrogen-bond acceptors (Lipinski definition) is 2. The molecule has 1 amide bonds. The lowest BCUT2D eigenvalue weighted by atomic mass is 10.2. The van der Waals surface area contributed by atoms with Gasteiger partial charge in [-0.15, -0.1) is 0 Å². The molecule has 0 saturated carbocycles. The van der Waals surface area contributed by atoms with Gasteiger partial charge in [-0.05, 0) is 30.7 Å². The maximum Gasteiger partial charge on any atom is 0.237 e. The Morgan fingerprint density at radius 3 is 3.00 bits per heavy atom. The number of nitrogens with one attached hydrogen (secondary N) is 1. The SMILES string of the molecule is CC(Br)C(=O)Nc1cccc(Cn2cccn2)c1. The molecule has 1 N–H and O–H groups in total. The van der Waals surface area contributed by atoms with Gasteiger partial charge in [0.1, 0.15) is 0 Å². The number of amides is 1. The third-order valence-electron chi connectivity index (χ3n) is 2.46. The van der Waals surface area contributed by atoms with Crippen molar-refractivity contribution in [3.8, 4) is 0 Å². The molecule has 0 fully saturated rings. The Kier molecular flexibility index (Phi) is 4.15. The fourth-order valence-electron chi connectivity index (χ4n) is 1.57. The molecule has 1 unspecified atom stereocenters. The second kappa shape index (κ2) is 5.82. The van der Waals surface area contributed by atoms with Crippen molar-refractivity contribution in [2.45, 2.75) is 18.3 Å². The largest absolute Gasteiger partial charge is 0.325 e. The minimum Gasteiger partial charge on any atom is -0.325 e. The molecule has 2 aromatic rings. The molecule has 0 bridgehead atoms. The van der Waals surface area contributed by atoms with Gasteiger partial charge in [-0.1, -0.05) is 28.1 Å². The minimum atomic E-state index is -0.202. The molecular weight excluding hydrogens is 294 g/mol. The molecule has 18 heavy (non-hydrogen) atoms. The van der Waals surface area contributed by atoms with Gasteiger partial charge in [0.25, 0.3) is 0 Å². The van der Waals surface area contributed by atoms with Crippen molar-refractivity contribution in [3.05, 3.63) is 48.3 Å². The smallest absolute Gasteiger partial charge is 0.237 e. The maximum atomic E-state index is 11.6. The van der Waals surface area contributed by atoms with Crippen LogP contribution >= 0.6 is 15.9 Å². The number of halogens is 1. The molecule has 1 atom stereocenters. The molecule has 1 aromatic heterocycles. The number of aromatic nitrogens is 2. The van der Waals surface area contributed by atoms with Crippen molar-refractivity contribution < 1.29 is 4.79 Å². The number of carbonyl (C=O) groups is 1.